The molecule has 2 rings (SSSR count). The number of esters is 1. The van der Waals surface area contributed by atoms with Crippen LogP contribution in [0.25, 0.3) is 0 Å². The molecule has 1 aromatic heterocycles. The lowest BCUT2D eigenvalue weighted by atomic mass is 10.2. The van der Waals surface area contributed by atoms with Crippen molar-refractivity contribution in [3.63, 3.8) is 0 Å². The monoisotopic (exact) mass is 216 g/mol. The molecule has 2 aromatic rings. The number of nitrogens with one attached hydrogen (secondary N) is 1. The molecule has 0 unspecified atom stereocenters. The minimum absolute atomic E-state index is 0.202. The number of aromatic amines is 1. The maximum atomic E-state index is 11.6. The predicted octanol–water partition coefficient (Wildman–Crippen LogP) is 0.989. The Labute approximate surface area is 90.7 Å². The third-order valence-electron chi connectivity index (χ3n) is 1.87. The molecule has 0 saturated carbocycles. The number of H-pyrrole nitrogens is 1. The average molecular weight is 216 g/mol. The van der Waals surface area contributed by atoms with Gasteiger partial charge in [-0.3, -0.25) is 0 Å². The number of carbonyl (C=O) groups is 1. The standard InChI is InChI=1S/C11H8N2O3/c14-10(8-4-2-1-3-5-8)16-9-6-12-11(15)13-7-9/h1-7H,(H,12,13,15). The van der Waals surface area contributed by atoms with E-state index in [0.29, 0.717) is 5.56 Å². The third kappa shape index (κ3) is 2.33. The van der Waals surface area contributed by atoms with Gasteiger partial charge in [-0.1, -0.05) is 18.2 Å². The summed E-state index contributed by atoms with van der Waals surface area (Å²) in [6, 6.07) is 8.56. The molecule has 80 valence electrons. The summed E-state index contributed by atoms with van der Waals surface area (Å²) in [6.45, 7) is 0. The molecule has 1 heterocycles. The van der Waals surface area contributed by atoms with Crippen molar-refractivity contribution in [2.45, 2.75) is 0 Å². The first-order valence-corrected chi connectivity index (χ1v) is 4.58. The lowest BCUT2D eigenvalue weighted by Crippen LogP contribution is -2.12. The SMILES string of the molecule is O=C(Oc1cnc(=O)[nH]c1)c1ccccc1. The zero-order valence-electron chi connectivity index (χ0n) is 8.21. The number of rotatable bonds is 2. The van der Waals surface area contributed by atoms with Crippen LogP contribution >= 0.6 is 0 Å². The lowest BCUT2D eigenvalue weighted by Gasteiger charge is -2.02. The molecule has 0 aliphatic rings. The summed E-state index contributed by atoms with van der Waals surface area (Å²) in [5.74, 6) is -0.289. The summed E-state index contributed by atoms with van der Waals surface area (Å²) in [4.78, 5) is 28.0. The molecule has 0 amide bonds. The van der Waals surface area contributed by atoms with Gasteiger partial charge < -0.3 is 9.72 Å². The van der Waals surface area contributed by atoms with Crippen molar-refractivity contribution in [2.75, 3.05) is 0 Å². The van der Waals surface area contributed by atoms with Gasteiger partial charge in [-0.15, -0.1) is 0 Å². The molecule has 0 spiro atoms. The Bertz CT molecular complexity index is 528. The highest BCUT2D eigenvalue weighted by Gasteiger charge is 2.07. The van der Waals surface area contributed by atoms with Crippen molar-refractivity contribution in [1.82, 2.24) is 9.97 Å². The number of nitrogens with zero attached hydrogens (tertiary/aromatic N) is 1. The Kier molecular flexibility index (Phi) is 2.77. The van der Waals surface area contributed by atoms with Crippen molar-refractivity contribution < 1.29 is 9.53 Å². The van der Waals surface area contributed by atoms with Crippen LogP contribution in [0.2, 0.25) is 0 Å². The Hall–Kier alpha value is -2.43. The van der Waals surface area contributed by atoms with E-state index in [4.69, 9.17) is 4.74 Å². The predicted molar refractivity (Wildman–Crippen MR) is 56.3 cm³/mol. The first kappa shape index (κ1) is 10.1. The van der Waals surface area contributed by atoms with Gasteiger partial charge in [-0.2, -0.15) is 4.98 Å². The number of ether oxygens (including phenoxy) is 1. The van der Waals surface area contributed by atoms with Crippen LogP contribution in [0.3, 0.4) is 0 Å². The van der Waals surface area contributed by atoms with Crippen LogP contribution in [0.1, 0.15) is 10.4 Å². The van der Waals surface area contributed by atoms with E-state index < -0.39 is 11.7 Å². The Morgan fingerprint density at radius 3 is 2.62 bits per heavy atom. The van der Waals surface area contributed by atoms with E-state index in [-0.39, 0.29) is 5.75 Å². The van der Waals surface area contributed by atoms with Gasteiger partial charge in [0, 0.05) is 0 Å². The average Bonchev–Trinajstić information content (AvgIpc) is 2.33. The van der Waals surface area contributed by atoms with Gasteiger partial charge in [0.2, 0.25) is 0 Å². The van der Waals surface area contributed by atoms with Gasteiger partial charge in [0.25, 0.3) is 0 Å². The van der Waals surface area contributed by atoms with Gasteiger partial charge in [0.05, 0.1) is 18.0 Å². The van der Waals surface area contributed by atoms with Crippen LogP contribution < -0.4 is 10.4 Å². The van der Waals surface area contributed by atoms with E-state index in [1.165, 1.54) is 12.4 Å². The van der Waals surface area contributed by atoms with E-state index >= 15 is 0 Å². The van der Waals surface area contributed by atoms with Gasteiger partial charge in [0.15, 0.2) is 5.75 Å². The molecule has 16 heavy (non-hydrogen) atoms. The molecule has 0 fully saturated rings. The summed E-state index contributed by atoms with van der Waals surface area (Å²) < 4.78 is 4.98. The van der Waals surface area contributed by atoms with Crippen LogP contribution in [-0.4, -0.2) is 15.9 Å². The van der Waals surface area contributed by atoms with Crippen LogP contribution in [0, 0.1) is 0 Å². The molecular weight excluding hydrogens is 208 g/mol. The smallest absolute Gasteiger partial charge is 0.345 e. The highest BCUT2D eigenvalue weighted by molar-refractivity contribution is 5.90. The van der Waals surface area contributed by atoms with Gasteiger partial charge in [-0.25, -0.2) is 9.59 Å². The zero-order chi connectivity index (χ0) is 11.4. The molecule has 1 N–H and O–H groups in total. The first-order chi connectivity index (χ1) is 7.75. The minimum atomic E-state index is -0.491. The first-order valence-electron chi connectivity index (χ1n) is 4.58. The van der Waals surface area contributed by atoms with Crippen molar-refractivity contribution >= 4 is 5.97 Å². The fourth-order valence-corrected chi connectivity index (χ4v) is 1.13. The number of hydrogen-bond donors (Lipinski definition) is 1. The summed E-state index contributed by atoms with van der Waals surface area (Å²) >= 11 is 0. The number of hydrogen-bond acceptors (Lipinski definition) is 4. The Balaban J connectivity index is 2.14. The van der Waals surface area contributed by atoms with Crippen LogP contribution in [-0.2, 0) is 0 Å². The molecule has 0 aliphatic heterocycles. The quantitative estimate of drug-likeness (QED) is 0.760. The molecule has 0 saturated heterocycles. The summed E-state index contributed by atoms with van der Waals surface area (Å²) in [5.41, 5.74) is -0.0480. The van der Waals surface area contributed by atoms with Crippen molar-refractivity contribution in [2.24, 2.45) is 0 Å². The van der Waals surface area contributed by atoms with Crippen LogP contribution in [0.5, 0.6) is 5.75 Å². The Morgan fingerprint density at radius 2 is 2.00 bits per heavy atom. The third-order valence-corrected chi connectivity index (χ3v) is 1.87. The highest BCUT2D eigenvalue weighted by atomic mass is 16.5. The van der Waals surface area contributed by atoms with Gasteiger partial charge in [-0.05, 0) is 12.1 Å². The van der Waals surface area contributed by atoms with E-state index in [0.717, 1.165) is 0 Å². The minimum Gasteiger partial charge on any atom is -0.420 e. The summed E-state index contributed by atoms with van der Waals surface area (Å²) in [5, 5.41) is 0. The molecule has 5 heteroatoms. The van der Waals surface area contributed by atoms with Crippen molar-refractivity contribution in [3.8, 4) is 5.75 Å². The fourth-order valence-electron chi connectivity index (χ4n) is 1.13. The number of carbonyl (C=O) groups excluding carboxylic acids is 1. The zero-order valence-corrected chi connectivity index (χ0v) is 8.21. The molecule has 0 aliphatic carbocycles. The molecule has 0 radical (unpaired) electrons. The Morgan fingerprint density at radius 1 is 1.25 bits per heavy atom. The maximum absolute atomic E-state index is 11.6. The lowest BCUT2D eigenvalue weighted by molar-refractivity contribution is 0.0733. The normalized spacial score (nSPS) is 9.75. The van der Waals surface area contributed by atoms with E-state index in [1.54, 1.807) is 30.3 Å². The van der Waals surface area contributed by atoms with E-state index in [1.807, 2.05) is 0 Å². The topological polar surface area (TPSA) is 72.0 Å². The summed E-state index contributed by atoms with van der Waals surface area (Å²) in [7, 11) is 0. The second kappa shape index (κ2) is 4.39. The molecule has 1 aromatic carbocycles. The van der Waals surface area contributed by atoms with E-state index in [2.05, 4.69) is 9.97 Å². The molecule has 0 bridgehead atoms. The number of benzene rings is 1. The van der Waals surface area contributed by atoms with Gasteiger partial charge >= 0.3 is 11.7 Å². The number of aromatic nitrogens is 2. The second-order valence-electron chi connectivity index (χ2n) is 3.01. The molecule has 5 nitrogen and oxygen atoms in total. The molecule has 0 atom stereocenters. The van der Waals surface area contributed by atoms with Gasteiger partial charge in [0.1, 0.15) is 0 Å². The summed E-state index contributed by atoms with van der Waals surface area (Å²) in [6.07, 6.45) is 2.48. The van der Waals surface area contributed by atoms with Crippen molar-refractivity contribution in [1.29, 1.82) is 0 Å². The maximum Gasteiger partial charge on any atom is 0.345 e. The molecular formula is C11H8N2O3. The highest BCUT2D eigenvalue weighted by Crippen LogP contribution is 2.07. The van der Waals surface area contributed by atoms with Crippen LogP contribution in [0.4, 0.5) is 0 Å². The van der Waals surface area contributed by atoms with E-state index in [9.17, 15) is 9.59 Å². The van der Waals surface area contributed by atoms with Crippen molar-refractivity contribution in [3.05, 3.63) is 58.8 Å². The second-order valence-corrected chi connectivity index (χ2v) is 3.01. The fraction of sp³-hybridized carbons (Fsp3) is 0. The van der Waals surface area contributed by atoms with Crippen LogP contribution in [0.15, 0.2) is 47.5 Å². The largest absolute Gasteiger partial charge is 0.420 e.